The molecule has 0 bridgehead atoms. The molecule has 0 aliphatic heterocycles. The van der Waals surface area contributed by atoms with Crippen molar-refractivity contribution in [1.82, 2.24) is 4.98 Å². The van der Waals surface area contributed by atoms with Gasteiger partial charge in [-0.1, -0.05) is 35.9 Å². The lowest BCUT2D eigenvalue weighted by Crippen LogP contribution is -2.15. The number of aromatic amines is 1. The van der Waals surface area contributed by atoms with Gasteiger partial charge >= 0.3 is 0 Å². The van der Waals surface area contributed by atoms with Gasteiger partial charge in [0.1, 0.15) is 12.4 Å². The van der Waals surface area contributed by atoms with Gasteiger partial charge in [0.05, 0.1) is 17.2 Å². The molecule has 5 heteroatoms. The molecule has 4 nitrogen and oxygen atoms in total. The number of pyridine rings is 1. The zero-order chi connectivity index (χ0) is 19.5. The Labute approximate surface area is 167 Å². The number of nitrogens with one attached hydrogen (secondary N) is 1. The quantitative estimate of drug-likeness (QED) is 0.686. The molecule has 0 saturated heterocycles. The summed E-state index contributed by atoms with van der Waals surface area (Å²) in [4.78, 5) is 15.3. The van der Waals surface area contributed by atoms with Gasteiger partial charge in [0.2, 0.25) is 0 Å². The second-order valence-corrected chi connectivity index (χ2v) is 7.09. The van der Waals surface area contributed by atoms with Crippen LogP contribution < -0.4 is 10.3 Å². The van der Waals surface area contributed by atoms with E-state index in [1.165, 1.54) is 0 Å². The van der Waals surface area contributed by atoms with Crippen LogP contribution in [0.4, 0.5) is 0 Å². The Kier molecular flexibility index (Phi) is 5.01. The minimum atomic E-state index is -0.169. The summed E-state index contributed by atoms with van der Waals surface area (Å²) in [5, 5.41) is 9.75. The Balaban J connectivity index is 1.66. The Hall–Kier alpha value is -3.29. The fourth-order valence-electron chi connectivity index (χ4n) is 3.39. The monoisotopic (exact) mass is 388 g/mol. The lowest BCUT2D eigenvalue weighted by Gasteiger charge is -2.18. The summed E-state index contributed by atoms with van der Waals surface area (Å²) in [5.74, 6) is 0.557. The summed E-state index contributed by atoms with van der Waals surface area (Å²) >= 11 is 5.93. The van der Waals surface area contributed by atoms with Gasteiger partial charge < -0.3 is 9.72 Å². The predicted octanol–water partition coefficient (Wildman–Crippen LogP) is 4.97. The first-order valence-corrected chi connectivity index (χ1v) is 9.35. The number of hydrogen-bond donors (Lipinski definition) is 1. The number of fused-ring (bicyclic) bond motifs is 1. The highest BCUT2D eigenvalue weighted by Gasteiger charge is 2.18. The van der Waals surface area contributed by atoms with Gasteiger partial charge in [-0.05, 0) is 65.4 Å². The molecule has 0 spiro atoms. The molecule has 1 heterocycles. The van der Waals surface area contributed by atoms with Gasteiger partial charge in [0.25, 0.3) is 5.56 Å². The Bertz CT molecular complexity index is 1150. The fraction of sp³-hybridized carbons (Fsp3) is 0.130. The molecule has 0 atom stereocenters. The maximum atomic E-state index is 12.6. The summed E-state index contributed by atoms with van der Waals surface area (Å²) in [6.07, 6.45) is 5.10. The van der Waals surface area contributed by atoms with Crippen LogP contribution in [-0.2, 0) is 13.0 Å². The molecule has 0 amide bonds. The Morgan fingerprint density at radius 1 is 1.11 bits per heavy atom. The average molecular weight is 389 g/mol. The van der Waals surface area contributed by atoms with Crippen LogP contribution in [0.3, 0.4) is 0 Å². The van der Waals surface area contributed by atoms with Gasteiger partial charge in [-0.2, -0.15) is 5.26 Å². The number of aryl methyl sites for hydroxylation is 1. The summed E-state index contributed by atoms with van der Waals surface area (Å²) in [7, 11) is 0. The number of allylic oxidation sites excluding steroid dienone is 1. The Morgan fingerprint density at radius 3 is 2.71 bits per heavy atom. The molecule has 138 valence electrons. The van der Waals surface area contributed by atoms with Crippen molar-refractivity contribution < 1.29 is 4.74 Å². The smallest absolute Gasteiger partial charge is 0.259 e. The zero-order valence-corrected chi connectivity index (χ0v) is 15.8. The molecule has 1 N–H and O–H groups in total. The van der Waals surface area contributed by atoms with E-state index in [-0.39, 0.29) is 5.56 Å². The maximum absolute atomic E-state index is 12.6. The van der Waals surface area contributed by atoms with E-state index in [0.717, 1.165) is 28.7 Å². The summed E-state index contributed by atoms with van der Waals surface area (Å²) in [5.41, 5.74) is 5.11. The molecule has 1 aliphatic rings. The van der Waals surface area contributed by atoms with E-state index < -0.39 is 0 Å². The molecule has 1 aromatic heterocycles. The minimum Gasteiger partial charge on any atom is -0.488 e. The van der Waals surface area contributed by atoms with Crippen molar-refractivity contribution in [1.29, 1.82) is 5.26 Å². The molecule has 0 fully saturated rings. The standard InChI is InChI=1S/C23H17ClN2O2/c24-20-7-2-15(3-8-20)14-28-21-9-10-26-23(27)22(21)19-6-5-17-11-16(13-25)1-4-18(17)12-19/h1-4,7-12H,5-6,14H2,(H,26,27). The van der Waals surface area contributed by atoms with Crippen molar-refractivity contribution in [3.8, 4) is 11.8 Å². The number of nitriles is 1. The average Bonchev–Trinajstić information content (AvgIpc) is 2.72. The van der Waals surface area contributed by atoms with Crippen LogP contribution in [0.2, 0.25) is 5.02 Å². The number of rotatable bonds is 4. The number of nitrogens with zero attached hydrogens (tertiary/aromatic N) is 1. The lowest BCUT2D eigenvalue weighted by atomic mass is 9.88. The summed E-state index contributed by atoms with van der Waals surface area (Å²) in [6, 6.07) is 17.0. The number of halogens is 1. The SMILES string of the molecule is N#Cc1ccc2c(c1)CCC(c1c(OCc3ccc(Cl)cc3)cc[nH]c1=O)=C2. The number of hydrogen-bond acceptors (Lipinski definition) is 3. The first-order chi connectivity index (χ1) is 13.6. The fourth-order valence-corrected chi connectivity index (χ4v) is 3.51. The van der Waals surface area contributed by atoms with Gasteiger partial charge in [-0.15, -0.1) is 0 Å². The van der Waals surface area contributed by atoms with Crippen LogP contribution in [-0.4, -0.2) is 4.98 Å². The number of ether oxygens (including phenoxy) is 1. The second kappa shape index (κ2) is 7.75. The maximum Gasteiger partial charge on any atom is 0.259 e. The molecule has 3 aromatic rings. The third kappa shape index (κ3) is 3.71. The number of aromatic nitrogens is 1. The first kappa shape index (κ1) is 18.1. The molecule has 1 aliphatic carbocycles. The molecular formula is C23H17ClN2O2. The number of benzene rings is 2. The van der Waals surface area contributed by atoms with Crippen LogP contribution in [0.25, 0.3) is 11.6 Å². The van der Waals surface area contributed by atoms with E-state index in [1.54, 1.807) is 18.3 Å². The third-order valence-electron chi connectivity index (χ3n) is 4.82. The van der Waals surface area contributed by atoms with Crippen molar-refractivity contribution in [3.05, 3.63) is 97.9 Å². The molecule has 0 radical (unpaired) electrons. The Morgan fingerprint density at radius 2 is 1.93 bits per heavy atom. The predicted molar refractivity (Wildman–Crippen MR) is 110 cm³/mol. The molecule has 4 rings (SSSR count). The molecular weight excluding hydrogens is 372 g/mol. The number of H-pyrrole nitrogens is 1. The van der Waals surface area contributed by atoms with Crippen molar-refractivity contribution in [2.75, 3.05) is 0 Å². The van der Waals surface area contributed by atoms with E-state index >= 15 is 0 Å². The normalized spacial score (nSPS) is 12.6. The highest BCUT2D eigenvalue weighted by molar-refractivity contribution is 6.30. The van der Waals surface area contributed by atoms with Gasteiger partial charge in [-0.3, -0.25) is 4.79 Å². The first-order valence-electron chi connectivity index (χ1n) is 8.97. The largest absolute Gasteiger partial charge is 0.488 e. The van der Waals surface area contributed by atoms with Gasteiger partial charge in [0, 0.05) is 11.2 Å². The minimum absolute atomic E-state index is 0.169. The van der Waals surface area contributed by atoms with Crippen LogP contribution in [0.15, 0.2) is 59.5 Å². The third-order valence-corrected chi connectivity index (χ3v) is 5.07. The molecule has 0 unspecified atom stereocenters. The summed E-state index contributed by atoms with van der Waals surface area (Å²) < 4.78 is 5.97. The van der Waals surface area contributed by atoms with Crippen molar-refractivity contribution in [2.24, 2.45) is 0 Å². The highest BCUT2D eigenvalue weighted by Crippen LogP contribution is 2.33. The van der Waals surface area contributed by atoms with Gasteiger partial charge in [-0.25, -0.2) is 0 Å². The van der Waals surface area contributed by atoms with E-state index in [4.69, 9.17) is 21.6 Å². The molecule has 28 heavy (non-hydrogen) atoms. The highest BCUT2D eigenvalue weighted by atomic mass is 35.5. The summed E-state index contributed by atoms with van der Waals surface area (Å²) in [6.45, 7) is 0.350. The van der Waals surface area contributed by atoms with Crippen molar-refractivity contribution in [2.45, 2.75) is 19.4 Å². The van der Waals surface area contributed by atoms with Crippen LogP contribution in [0.1, 0.15) is 34.2 Å². The van der Waals surface area contributed by atoms with Gasteiger partial charge in [0.15, 0.2) is 0 Å². The van der Waals surface area contributed by atoms with E-state index in [1.807, 2.05) is 42.5 Å². The van der Waals surface area contributed by atoms with Crippen LogP contribution in [0.5, 0.6) is 5.75 Å². The van der Waals surface area contributed by atoms with E-state index in [0.29, 0.717) is 34.9 Å². The van der Waals surface area contributed by atoms with Crippen molar-refractivity contribution in [3.63, 3.8) is 0 Å². The molecule has 2 aromatic carbocycles. The van der Waals surface area contributed by atoms with E-state index in [2.05, 4.69) is 11.1 Å². The topological polar surface area (TPSA) is 65.9 Å². The lowest BCUT2D eigenvalue weighted by molar-refractivity contribution is 0.304. The van der Waals surface area contributed by atoms with Crippen LogP contribution in [0, 0.1) is 11.3 Å². The second-order valence-electron chi connectivity index (χ2n) is 6.66. The van der Waals surface area contributed by atoms with Crippen LogP contribution >= 0.6 is 11.6 Å². The zero-order valence-electron chi connectivity index (χ0n) is 15.0. The van der Waals surface area contributed by atoms with Crippen molar-refractivity contribution >= 4 is 23.3 Å². The molecule has 0 saturated carbocycles. The van der Waals surface area contributed by atoms with E-state index in [9.17, 15) is 4.79 Å².